The summed E-state index contributed by atoms with van der Waals surface area (Å²) in [5.41, 5.74) is 2.47. The first-order chi connectivity index (χ1) is 6.27. The smallest absolute Gasteiger partial charge is 0.0664 e. The van der Waals surface area contributed by atoms with E-state index in [1.165, 1.54) is 11.2 Å². The maximum atomic E-state index is 4.29. The van der Waals surface area contributed by atoms with Gasteiger partial charge in [0.2, 0.25) is 0 Å². The van der Waals surface area contributed by atoms with E-state index in [-0.39, 0.29) is 0 Å². The van der Waals surface area contributed by atoms with Crippen molar-refractivity contribution in [1.29, 1.82) is 0 Å². The molecule has 0 aliphatic rings. The molecule has 0 bridgehead atoms. The molecule has 0 fully saturated rings. The van der Waals surface area contributed by atoms with Crippen molar-refractivity contribution >= 4 is 5.52 Å². The van der Waals surface area contributed by atoms with Gasteiger partial charge in [-0.2, -0.15) is 5.10 Å². The van der Waals surface area contributed by atoms with Gasteiger partial charge in [0.25, 0.3) is 0 Å². The average molecular weight is 174 g/mol. The first kappa shape index (κ1) is 8.30. The Bertz CT molecular complexity index is 401. The van der Waals surface area contributed by atoms with E-state index >= 15 is 0 Å². The predicted molar refractivity (Wildman–Crippen MR) is 53.7 cm³/mol. The van der Waals surface area contributed by atoms with Crippen molar-refractivity contribution in [2.24, 2.45) is 5.92 Å². The fourth-order valence-corrected chi connectivity index (χ4v) is 1.58. The lowest BCUT2D eigenvalue weighted by atomic mass is 10.1. The first-order valence-corrected chi connectivity index (χ1v) is 4.69. The zero-order valence-electron chi connectivity index (χ0n) is 8.07. The van der Waals surface area contributed by atoms with Gasteiger partial charge in [0.15, 0.2) is 0 Å². The van der Waals surface area contributed by atoms with E-state index in [0.717, 1.165) is 6.42 Å². The van der Waals surface area contributed by atoms with Gasteiger partial charge in [-0.15, -0.1) is 0 Å². The molecule has 0 atom stereocenters. The lowest BCUT2D eigenvalue weighted by molar-refractivity contribution is 0.621. The minimum Gasteiger partial charge on any atom is -0.238 e. The fraction of sp³-hybridized carbons (Fsp3) is 0.364. The number of aromatic nitrogens is 2. The van der Waals surface area contributed by atoms with Gasteiger partial charge in [0.1, 0.15) is 0 Å². The molecule has 2 aromatic rings. The molecule has 0 saturated heterocycles. The van der Waals surface area contributed by atoms with Crippen molar-refractivity contribution in [1.82, 2.24) is 9.61 Å². The van der Waals surface area contributed by atoms with Gasteiger partial charge < -0.3 is 0 Å². The van der Waals surface area contributed by atoms with Crippen LogP contribution in [0.4, 0.5) is 0 Å². The lowest BCUT2D eigenvalue weighted by Crippen LogP contribution is -2.02. The third-order valence-corrected chi connectivity index (χ3v) is 2.12. The summed E-state index contributed by atoms with van der Waals surface area (Å²) in [6.45, 7) is 4.45. The van der Waals surface area contributed by atoms with Crippen molar-refractivity contribution < 1.29 is 0 Å². The van der Waals surface area contributed by atoms with Crippen molar-refractivity contribution in [3.8, 4) is 0 Å². The molecule has 13 heavy (non-hydrogen) atoms. The van der Waals surface area contributed by atoms with Crippen LogP contribution in [0, 0.1) is 5.92 Å². The minimum atomic E-state index is 0.676. The monoisotopic (exact) mass is 174 g/mol. The Labute approximate surface area is 78.2 Å². The van der Waals surface area contributed by atoms with Crippen LogP contribution >= 0.6 is 0 Å². The quantitative estimate of drug-likeness (QED) is 0.684. The van der Waals surface area contributed by atoms with Crippen molar-refractivity contribution in [3.05, 3.63) is 36.2 Å². The summed E-state index contributed by atoms with van der Waals surface area (Å²) >= 11 is 0. The van der Waals surface area contributed by atoms with Gasteiger partial charge in [0, 0.05) is 11.9 Å². The van der Waals surface area contributed by atoms with E-state index < -0.39 is 0 Å². The van der Waals surface area contributed by atoms with E-state index in [4.69, 9.17) is 0 Å². The van der Waals surface area contributed by atoms with Gasteiger partial charge in [-0.1, -0.05) is 19.9 Å². The largest absolute Gasteiger partial charge is 0.238 e. The standard InChI is InChI=1S/C11H14N2/c1-9(2)8-11-5-3-4-10-6-7-12-13(10)11/h3-7,9H,8H2,1-2H3. The molecule has 2 rings (SSSR count). The molecule has 2 aromatic heterocycles. The number of fused-ring (bicyclic) bond motifs is 1. The number of nitrogens with zero attached hydrogens (tertiary/aromatic N) is 2. The Morgan fingerprint density at radius 1 is 1.31 bits per heavy atom. The third kappa shape index (κ3) is 1.57. The molecule has 0 aliphatic heterocycles. The summed E-state index contributed by atoms with van der Waals surface area (Å²) in [4.78, 5) is 0. The topological polar surface area (TPSA) is 17.3 Å². The van der Waals surface area contributed by atoms with Crippen molar-refractivity contribution in [3.63, 3.8) is 0 Å². The maximum Gasteiger partial charge on any atom is 0.0664 e. The van der Waals surface area contributed by atoms with Crippen LogP contribution in [0.15, 0.2) is 30.5 Å². The van der Waals surface area contributed by atoms with Crippen LogP contribution in [0.3, 0.4) is 0 Å². The summed E-state index contributed by atoms with van der Waals surface area (Å²) in [6, 6.07) is 8.34. The van der Waals surface area contributed by atoms with Crippen LogP contribution in [0.25, 0.3) is 5.52 Å². The second kappa shape index (κ2) is 3.21. The summed E-state index contributed by atoms with van der Waals surface area (Å²) in [5.74, 6) is 0.676. The van der Waals surface area contributed by atoms with Gasteiger partial charge in [-0.05, 0) is 30.5 Å². The zero-order valence-corrected chi connectivity index (χ0v) is 8.07. The van der Waals surface area contributed by atoms with Gasteiger partial charge in [0.05, 0.1) is 5.52 Å². The third-order valence-electron chi connectivity index (χ3n) is 2.12. The van der Waals surface area contributed by atoms with E-state index in [1.54, 1.807) is 0 Å². The molecule has 0 saturated carbocycles. The van der Waals surface area contributed by atoms with Crippen molar-refractivity contribution in [2.45, 2.75) is 20.3 Å². The predicted octanol–water partition coefficient (Wildman–Crippen LogP) is 2.53. The second-order valence-corrected chi connectivity index (χ2v) is 3.78. The van der Waals surface area contributed by atoms with Gasteiger partial charge >= 0.3 is 0 Å². The van der Waals surface area contributed by atoms with Crippen molar-refractivity contribution in [2.75, 3.05) is 0 Å². The molecule has 0 aromatic carbocycles. The molecule has 0 aliphatic carbocycles. The number of hydrogen-bond acceptors (Lipinski definition) is 1. The normalized spacial score (nSPS) is 11.3. The highest BCUT2D eigenvalue weighted by Crippen LogP contribution is 2.10. The summed E-state index contributed by atoms with van der Waals surface area (Å²) in [5, 5.41) is 4.29. The Morgan fingerprint density at radius 2 is 2.15 bits per heavy atom. The number of pyridine rings is 1. The van der Waals surface area contributed by atoms with E-state index in [1.807, 2.05) is 16.8 Å². The molecular weight excluding hydrogens is 160 g/mol. The molecular formula is C11H14N2. The highest BCUT2D eigenvalue weighted by Gasteiger charge is 2.02. The van der Waals surface area contributed by atoms with Gasteiger partial charge in [-0.3, -0.25) is 0 Å². The highest BCUT2D eigenvalue weighted by atomic mass is 15.2. The average Bonchev–Trinajstić information content (AvgIpc) is 2.51. The lowest BCUT2D eigenvalue weighted by Gasteiger charge is -2.06. The Morgan fingerprint density at radius 3 is 2.92 bits per heavy atom. The van der Waals surface area contributed by atoms with E-state index in [9.17, 15) is 0 Å². The molecule has 0 amide bonds. The van der Waals surface area contributed by atoms with Crippen LogP contribution in [-0.4, -0.2) is 9.61 Å². The highest BCUT2D eigenvalue weighted by molar-refractivity contribution is 5.46. The number of hydrogen-bond donors (Lipinski definition) is 0. The van der Waals surface area contributed by atoms with Gasteiger partial charge in [-0.25, -0.2) is 4.52 Å². The summed E-state index contributed by atoms with van der Waals surface area (Å²) < 4.78 is 2.01. The Kier molecular flexibility index (Phi) is 2.05. The molecule has 2 heterocycles. The second-order valence-electron chi connectivity index (χ2n) is 3.78. The molecule has 2 heteroatoms. The minimum absolute atomic E-state index is 0.676. The van der Waals surface area contributed by atoms with Crippen LogP contribution in [0.2, 0.25) is 0 Å². The van der Waals surface area contributed by atoms with Crippen LogP contribution < -0.4 is 0 Å². The Balaban J connectivity index is 2.48. The Hall–Kier alpha value is -1.31. The first-order valence-electron chi connectivity index (χ1n) is 4.69. The van der Waals surface area contributed by atoms with E-state index in [0.29, 0.717) is 5.92 Å². The number of rotatable bonds is 2. The summed E-state index contributed by atoms with van der Waals surface area (Å²) in [6.07, 6.45) is 2.93. The van der Waals surface area contributed by atoms with Crippen LogP contribution in [0.5, 0.6) is 0 Å². The molecule has 0 unspecified atom stereocenters. The molecule has 0 spiro atoms. The summed E-state index contributed by atoms with van der Waals surface area (Å²) in [7, 11) is 0. The van der Waals surface area contributed by atoms with Crippen LogP contribution in [0.1, 0.15) is 19.5 Å². The fourth-order valence-electron chi connectivity index (χ4n) is 1.58. The maximum absolute atomic E-state index is 4.29. The van der Waals surface area contributed by atoms with Crippen LogP contribution in [-0.2, 0) is 6.42 Å². The zero-order chi connectivity index (χ0) is 9.26. The molecule has 68 valence electrons. The molecule has 0 radical (unpaired) electrons. The molecule has 2 nitrogen and oxygen atoms in total. The SMILES string of the molecule is CC(C)Cc1cccc2ccnn12. The molecule has 0 N–H and O–H groups in total. The van der Waals surface area contributed by atoms with E-state index in [2.05, 4.69) is 37.1 Å².